The second-order valence-corrected chi connectivity index (χ2v) is 18.2. The number of carbonyl (C=O) groups is 6. The molecule has 16 heteroatoms. The quantitative estimate of drug-likeness (QED) is 0.160. The number of nitrogens with one attached hydrogen (secondary N) is 1. The molecule has 330 valence electrons. The normalized spacial score (nSPS) is 32.5. The summed E-state index contributed by atoms with van der Waals surface area (Å²) >= 11 is 0. The minimum Gasteiger partial charge on any atom is -0.456 e. The van der Waals surface area contributed by atoms with E-state index in [9.17, 15) is 39.3 Å². The predicted molar refractivity (Wildman–Crippen MR) is 213 cm³/mol. The first-order chi connectivity index (χ1) is 28.4. The fourth-order valence-corrected chi connectivity index (χ4v) is 9.80. The Kier molecular flexibility index (Phi) is 12.1. The minimum absolute atomic E-state index is 0.0126. The number of esters is 4. The van der Waals surface area contributed by atoms with Crippen LogP contribution < -0.4 is 5.32 Å². The minimum atomic E-state index is -2.40. The first-order valence-corrected chi connectivity index (χ1v) is 20.2. The SMILES string of the molecule is CC(=O)O[C@H]1C(=O)[C@@]2(C)[C@H]([C@H](OC(=O)c3ccccc3)[C@@]3(O)C[C@H](OC(=O)[C@@H](O)[C@H](NC(=O)OC(C)(C)C)c4ccccc4)C(C)=C1C3(C)C)[C@]1(OC(C)=O)CO[C@@H]1C[C@@H]2O. The van der Waals surface area contributed by atoms with Crippen LogP contribution in [0, 0.1) is 16.7 Å². The zero-order chi connectivity index (χ0) is 45.0. The standard InChI is InChI=1S/C45H55NO15/c1-23-28(58-39(53)33(50)32(26-16-12-10-13-17-26)46-40(54)61-41(4,5)6)21-45(55)37(59-38(52)27-18-14-11-15-19-27)35-43(9,29(49)20-30-44(35,22-56-30)60-25(3)48)36(51)34(57-24(2)47)31(23)42(45,7)8/h10-19,28-30,32-35,37,49-50,55H,20-22H2,1-9H3,(H,46,54)/t28-,29-,30+,32+,33-,34+,35-,37-,43+,44-,45-/m0/s1. The number of rotatable bonds is 9. The van der Waals surface area contributed by atoms with Crippen LogP contribution in [0.2, 0.25) is 0 Å². The van der Waals surface area contributed by atoms with Gasteiger partial charge >= 0.3 is 30.0 Å². The summed E-state index contributed by atoms with van der Waals surface area (Å²) in [6.07, 6.45) is -11.5. The lowest BCUT2D eigenvalue weighted by Gasteiger charge is -2.67. The summed E-state index contributed by atoms with van der Waals surface area (Å²) < 4.78 is 35.6. The fraction of sp³-hybridized carbons (Fsp3) is 0.556. The lowest BCUT2D eigenvalue weighted by atomic mass is 9.44. The Morgan fingerprint density at radius 1 is 0.902 bits per heavy atom. The van der Waals surface area contributed by atoms with E-state index in [-0.39, 0.29) is 29.7 Å². The van der Waals surface area contributed by atoms with Crippen LogP contribution in [0.25, 0.3) is 0 Å². The highest BCUT2D eigenvalue weighted by Crippen LogP contribution is 2.64. The average molecular weight is 850 g/mol. The summed E-state index contributed by atoms with van der Waals surface area (Å²) in [5, 5.41) is 39.9. The van der Waals surface area contributed by atoms with Gasteiger partial charge in [-0.3, -0.25) is 14.4 Å². The first kappa shape index (κ1) is 45.4. The summed E-state index contributed by atoms with van der Waals surface area (Å²) in [6.45, 7) is 12.9. The van der Waals surface area contributed by atoms with E-state index in [1.54, 1.807) is 83.1 Å². The molecular formula is C45H55NO15. The largest absolute Gasteiger partial charge is 0.456 e. The highest BCUT2D eigenvalue weighted by Gasteiger charge is 2.78. The van der Waals surface area contributed by atoms with Crippen LogP contribution in [0.1, 0.15) is 97.1 Å². The third kappa shape index (κ3) is 7.94. The molecule has 1 saturated heterocycles. The number of benzene rings is 2. The molecule has 2 saturated carbocycles. The van der Waals surface area contributed by atoms with E-state index < -0.39 is 118 Å². The van der Waals surface area contributed by atoms with Gasteiger partial charge in [-0.05, 0) is 63.5 Å². The van der Waals surface area contributed by atoms with Crippen LogP contribution in [-0.4, -0.2) is 111 Å². The van der Waals surface area contributed by atoms with Crippen molar-refractivity contribution in [2.24, 2.45) is 16.7 Å². The molecule has 4 aliphatic rings. The fourth-order valence-electron chi connectivity index (χ4n) is 9.80. The van der Waals surface area contributed by atoms with E-state index in [1.807, 2.05) is 0 Å². The maximum atomic E-state index is 15.5. The highest BCUT2D eigenvalue weighted by molar-refractivity contribution is 5.95. The Morgan fingerprint density at radius 2 is 1.51 bits per heavy atom. The number of amides is 1. The molecule has 6 rings (SSSR count). The van der Waals surface area contributed by atoms with Crippen LogP contribution >= 0.6 is 0 Å². The number of carbonyl (C=O) groups excluding carboxylic acids is 6. The molecule has 1 heterocycles. The van der Waals surface area contributed by atoms with Gasteiger partial charge < -0.3 is 49.1 Å². The van der Waals surface area contributed by atoms with Crippen molar-refractivity contribution in [1.82, 2.24) is 5.32 Å². The zero-order valence-electron chi connectivity index (χ0n) is 35.8. The van der Waals surface area contributed by atoms with Gasteiger partial charge in [0.05, 0.1) is 35.6 Å². The Bertz CT molecular complexity index is 2100. The third-order valence-electron chi connectivity index (χ3n) is 12.8. The molecule has 3 aliphatic carbocycles. The molecule has 0 aromatic heterocycles. The number of hydrogen-bond donors (Lipinski definition) is 4. The van der Waals surface area contributed by atoms with Crippen LogP contribution in [0.3, 0.4) is 0 Å². The van der Waals surface area contributed by atoms with Crippen molar-refractivity contribution in [3.05, 3.63) is 82.9 Å². The van der Waals surface area contributed by atoms with E-state index in [0.29, 0.717) is 5.56 Å². The monoisotopic (exact) mass is 849 g/mol. The molecule has 2 aromatic rings. The van der Waals surface area contributed by atoms with Gasteiger partial charge in [0.1, 0.15) is 29.5 Å². The van der Waals surface area contributed by atoms with E-state index in [2.05, 4.69) is 5.32 Å². The second-order valence-electron chi connectivity index (χ2n) is 18.2. The Balaban J connectivity index is 1.54. The molecular weight excluding hydrogens is 794 g/mol. The third-order valence-corrected chi connectivity index (χ3v) is 12.8. The van der Waals surface area contributed by atoms with Crippen molar-refractivity contribution in [1.29, 1.82) is 0 Å². The summed E-state index contributed by atoms with van der Waals surface area (Å²) in [7, 11) is 0. The second kappa shape index (κ2) is 16.3. The first-order valence-electron chi connectivity index (χ1n) is 20.2. The molecule has 11 atom stereocenters. The van der Waals surface area contributed by atoms with Gasteiger partial charge in [-0.25, -0.2) is 14.4 Å². The van der Waals surface area contributed by atoms with Crippen LogP contribution in [0.5, 0.6) is 0 Å². The summed E-state index contributed by atoms with van der Waals surface area (Å²) in [5.41, 5.74) is -8.30. The molecule has 1 aliphatic heterocycles. The Morgan fingerprint density at radius 3 is 2.05 bits per heavy atom. The van der Waals surface area contributed by atoms with Gasteiger partial charge in [0.25, 0.3) is 0 Å². The number of ether oxygens (including phenoxy) is 6. The number of Topliss-reactive ketones (excluding diaryl/α,β-unsaturated/α-hetero) is 1. The van der Waals surface area contributed by atoms with Crippen LogP contribution in [0.4, 0.5) is 4.79 Å². The number of aliphatic hydroxyl groups is 3. The lowest BCUT2D eigenvalue weighted by Crippen LogP contribution is -2.82. The molecule has 2 bridgehead atoms. The number of fused-ring (bicyclic) bond motifs is 5. The van der Waals surface area contributed by atoms with E-state index in [0.717, 1.165) is 13.8 Å². The van der Waals surface area contributed by atoms with Crippen molar-refractivity contribution < 1.29 is 72.5 Å². The summed E-state index contributed by atoms with van der Waals surface area (Å²) in [5.74, 6) is -6.30. The number of alkyl carbamates (subject to hydrolysis) is 1. The van der Waals surface area contributed by atoms with E-state index >= 15 is 4.79 Å². The molecule has 3 fully saturated rings. The Hall–Kier alpha value is -5.16. The predicted octanol–water partition coefficient (Wildman–Crippen LogP) is 3.83. The molecule has 1 amide bonds. The van der Waals surface area contributed by atoms with Crippen molar-refractivity contribution in [2.45, 2.75) is 135 Å². The summed E-state index contributed by atoms with van der Waals surface area (Å²) in [4.78, 5) is 82.9. The van der Waals surface area contributed by atoms with E-state index in [4.69, 9.17) is 28.4 Å². The lowest BCUT2D eigenvalue weighted by molar-refractivity contribution is -0.346. The maximum absolute atomic E-state index is 15.5. The number of aliphatic hydroxyl groups excluding tert-OH is 2. The molecule has 61 heavy (non-hydrogen) atoms. The van der Waals surface area contributed by atoms with Gasteiger partial charge in [0.15, 0.2) is 23.6 Å². The van der Waals surface area contributed by atoms with Crippen molar-refractivity contribution in [3.63, 3.8) is 0 Å². The zero-order valence-corrected chi connectivity index (χ0v) is 35.8. The number of ketones is 1. The molecule has 0 radical (unpaired) electrons. The van der Waals surface area contributed by atoms with Gasteiger partial charge in [0, 0.05) is 32.1 Å². The topological polar surface area (TPSA) is 231 Å². The van der Waals surface area contributed by atoms with E-state index in [1.165, 1.54) is 26.0 Å². The summed E-state index contributed by atoms with van der Waals surface area (Å²) in [6, 6.07) is 14.5. The van der Waals surface area contributed by atoms with Crippen LogP contribution in [-0.2, 0) is 47.6 Å². The molecule has 2 aromatic carbocycles. The Labute approximate surface area is 353 Å². The maximum Gasteiger partial charge on any atom is 0.408 e. The van der Waals surface area contributed by atoms with Crippen molar-refractivity contribution in [2.75, 3.05) is 6.61 Å². The van der Waals surface area contributed by atoms with Gasteiger partial charge in [-0.2, -0.15) is 0 Å². The van der Waals surface area contributed by atoms with Crippen LogP contribution in [0.15, 0.2) is 71.8 Å². The molecule has 4 N–H and O–H groups in total. The molecule has 16 nitrogen and oxygen atoms in total. The average Bonchev–Trinajstić information content (AvgIpc) is 3.17. The van der Waals surface area contributed by atoms with Gasteiger partial charge in [-0.15, -0.1) is 0 Å². The number of hydrogen-bond acceptors (Lipinski definition) is 15. The van der Waals surface area contributed by atoms with Crippen molar-refractivity contribution >= 4 is 35.8 Å². The smallest absolute Gasteiger partial charge is 0.408 e. The molecule has 0 unspecified atom stereocenters. The molecule has 0 spiro atoms. The van der Waals surface area contributed by atoms with Gasteiger partial charge in [0.2, 0.25) is 0 Å². The highest BCUT2D eigenvalue weighted by atomic mass is 16.6. The van der Waals surface area contributed by atoms with Gasteiger partial charge in [-0.1, -0.05) is 62.4 Å². The van der Waals surface area contributed by atoms with Crippen molar-refractivity contribution in [3.8, 4) is 0 Å².